The summed E-state index contributed by atoms with van der Waals surface area (Å²) in [6, 6.07) is 14.0. The molecule has 2 aromatic carbocycles. The molecule has 0 spiro atoms. The Labute approximate surface area is 299 Å². The number of oxime groups is 1. The second-order valence-corrected chi connectivity index (χ2v) is 14.2. The summed E-state index contributed by atoms with van der Waals surface area (Å²) in [5, 5.41) is 26.6. The normalized spacial score (nSPS) is 27.6. The van der Waals surface area contributed by atoms with Crippen molar-refractivity contribution in [2.45, 2.75) is 94.0 Å². The zero-order valence-corrected chi connectivity index (χ0v) is 28.6. The third kappa shape index (κ3) is 6.62. The summed E-state index contributed by atoms with van der Waals surface area (Å²) in [6.07, 6.45) is 9.17. The number of aromatic nitrogens is 4. The molecule has 4 amide bonds. The predicted molar refractivity (Wildman–Crippen MR) is 188 cm³/mol. The van der Waals surface area contributed by atoms with E-state index in [0.29, 0.717) is 25.0 Å². The molecule has 0 bridgehead atoms. The van der Waals surface area contributed by atoms with Gasteiger partial charge in [-0.3, -0.25) is 19.7 Å². The van der Waals surface area contributed by atoms with Crippen LogP contribution in [0.25, 0.3) is 11.1 Å². The minimum Gasteiger partial charge on any atom is -0.446 e. The molecule has 2 saturated carbocycles. The summed E-state index contributed by atoms with van der Waals surface area (Å²) < 4.78 is 5.56. The van der Waals surface area contributed by atoms with Crippen molar-refractivity contribution in [1.29, 1.82) is 0 Å². The summed E-state index contributed by atoms with van der Waals surface area (Å²) in [6.45, 7) is 0.0538. The van der Waals surface area contributed by atoms with Crippen molar-refractivity contribution in [3.8, 4) is 11.1 Å². The predicted octanol–water partition coefficient (Wildman–Crippen LogP) is 3.60. The van der Waals surface area contributed by atoms with Crippen molar-refractivity contribution in [2.75, 3.05) is 11.9 Å². The van der Waals surface area contributed by atoms with Crippen LogP contribution in [-0.4, -0.2) is 91.4 Å². The number of hydrogen-bond acceptors (Lipinski definition) is 10. The summed E-state index contributed by atoms with van der Waals surface area (Å²) in [4.78, 5) is 63.0. The molecule has 4 N–H and O–H groups in total. The number of H-pyrrole nitrogens is 1. The van der Waals surface area contributed by atoms with Crippen molar-refractivity contribution in [2.24, 2.45) is 11.1 Å². The molecule has 1 unspecified atom stereocenters. The number of alkyl carbamates (subject to hydrolysis) is 1. The Morgan fingerprint density at radius 3 is 2.37 bits per heavy atom. The second-order valence-electron chi connectivity index (χ2n) is 14.2. The number of aromatic amines is 1. The molecule has 3 fully saturated rings. The molecule has 15 nitrogen and oxygen atoms in total. The molecule has 8 rings (SSSR count). The largest absolute Gasteiger partial charge is 0.446 e. The van der Waals surface area contributed by atoms with Crippen LogP contribution in [0.1, 0.15) is 75.3 Å². The van der Waals surface area contributed by atoms with Crippen molar-refractivity contribution in [3.05, 3.63) is 71.8 Å². The number of carbonyl (C=O) groups excluding carboxylic acids is 4. The molecule has 5 atom stereocenters. The van der Waals surface area contributed by atoms with Gasteiger partial charge in [0.1, 0.15) is 35.5 Å². The summed E-state index contributed by atoms with van der Waals surface area (Å²) in [5.74, 6) is -1.67. The standard InChI is InChI=1S/C37H41N9O6/c47-32-30-19-24(52-43-31-27-16-8-6-14-25(27)26-15-7-9-17-28(26)31)21-46(30)33(48)29(38-36(50)51-23-12-10-13-23)18-5-3-1-2-4-11-22-20-37(22,40-32)34(49)39-35-41-44-45-42-35/h4,6-9,11,14-17,22-24,29-30H,1-3,5,10,12-13,18-21H2,(H,38,50)(H,40,47)(H2,39,41,42,44,45,49)/b11-4-/t22?,24-,29+,30+,37-/m1/s1. The SMILES string of the molecule is O=C(N[C@H]1CCCCC/C=C\C2C[C@@]2(C(=O)Nc2nn[nH]n2)NC(=O)[C@@H]2C[C@@H](ON=C3c4ccccc4-c4ccccc43)CN2C1=O)OC1CCC1. The minimum atomic E-state index is -1.27. The van der Waals surface area contributed by atoms with Crippen LogP contribution in [-0.2, 0) is 24.0 Å². The van der Waals surface area contributed by atoms with Gasteiger partial charge < -0.3 is 25.1 Å². The van der Waals surface area contributed by atoms with Crippen molar-refractivity contribution in [1.82, 2.24) is 36.2 Å². The van der Waals surface area contributed by atoms with Gasteiger partial charge in [0.25, 0.3) is 11.9 Å². The smallest absolute Gasteiger partial charge is 0.408 e. The van der Waals surface area contributed by atoms with Crippen LogP contribution in [0, 0.1) is 5.92 Å². The fraction of sp³-hybridized carbons (Fsp3) is 0.459. The van der Waals surface area contributed by atoms with E-state index in [1.165, 1.54) is 4.90 Å². The number of benzene rings is 2. The molecule has 1 aromatic heterocycles. The average molecular weight is 708 g/mol. The molecule has 15 heteroatoms. The highest BCUT2D eigenvalue weighted by Crippen LogP contribution is 2.46. The van der Waals surface area contributed by atoms with E-state index in [2.05, 4.69) is 41.7 Å². The lowest BCUT2D eigenvalue weighted by atomic mass is 9.96. The van der Waals surface area contributed by atoms with Gasteiger partial charge in [0.15, 0.2) is 0 Å². The topological polar surface area (TPSA) is 193 Å². The quantitative estimate of drug-likeness (QED) is 0.171. The lowest BCUT2D eigenvalue weighted by molar-refractivity contribution is -0.141. The number of ether oxygens (including phenoxy) is 1. The Kier molecular flexibility index (Phi) is 9.16. The number of hydrogen-bond donors (Lipinski definition) is 4. The van der Waals surface area contributed by atoms with Crippen LogP contribution in [0.5, 0.6) is 0 Å². The van der Waals surface area contributed by atoms with E-state index in [9.17, 15) is 19.2 Å². The molecular weight excluding hydrogens is 666 g/mol. The lowest BCUT2D eigenvalue weighted by Crippen LogP contribution is -2.57. The van der Waals surface area contributed by atoms with Gasteiger partial charge in [-0.05, 0) is 61.3 Å². The van der Waals surface area contributed by atoms with E-state index in [0.717, 1.165) is 60.8 Å². The highest BCUT2D eigenvalue weighted by Gasteiger charge is 2.61. The number of rotatable bonds is 6. The maximum atomic E-state index is 14.4. The van der Waals surface area contributed by atoms with Crippen LogP contribution in [0.2, 0.25) is 0 Å². The summed E-state index contributed by atoms with van der Waals surface area (Å²) in [7, 11) is 0. The Balaban J connectivity index is 1.08. The Morgan fingerprint density at radius 1 is 0.923 bits per heavy atom. The number of amides is 4. The van der Waals surface area contributed by atoms with Crippen LogP contribution >= 0.6 is 0 Å². The Morgan fingerprint density at radius 2 is 1.67 bits per heavy atom. The first-order valence-electron chi connectivity index (χ1n) is 18.1. The molecule has 0 radical (unpaired) electrons. The van der Waals surface area contributed by atoms with E-state index in [1.54, 1.807) is 0 Å². The number of tetrazole rings is 1. The number of nitrogens with one attached hydrogen (secondary N) is 4. The van der Waals surface area contributed by atoms with Crippen molar-refractivity contribution in [3.63, 3.8) is 0 Å². The third-order valence-corrected chi connectivity index (χ3v) is 10.8. The van der Waals surface area contributed by atoms with Crippen LogP contribution in [0.3, 0.4) is 0 Å². The average Bonchev–Trinajstić information content (AvgIpc) is 3.48. The fourth-order valence-corrected chi connectivity index (χ4v) is 7.62. The second kappa shape index (κ2) is 14.2. The van der Waals surface area contributed by atoms with Crippen molar-refractivity contribution >= 4 is 35.5 Å². The van der Waals surface area contributed by atoms with Crippen LogP contribution in [0.4, 0.5) is 10.7 Å². The zero-order valence-electron chi connectivity index (χ0n) is 28.6. The molecule has 2 aliphatic heterocycles. The fourth-order valence-electron chi connectivity index (χ4n) is 7.62. The first kappa shape index (κ1) is 33.5. The van der Waals surface area contributed by atoms with Gasteiger partial charge in [-0.15, -0.1) is 5.10 Å². The Bertz CT molecular complexity index is 1860. The highest BCUT2D eigenvalue weighted by atomic mass is 16.6. The maximum Gasteiger partial charge on any atom is 0.408 e. The van der Waals surface area contributed by atoms with E-state index in [1.807, 2.05) is 60.7 Å². The summed E-state index contributed by atoms with van der Waals surface area (Å²) >= 11 is 0. The first-order chi connectivity index (χ1) is 25.4. The molecule has 52 heavy (non-hydrogen) atoms. The lowest BCUT2D eigenvalue weighted by Gasteiger charge is -2.30. The van der Waals surface area contributed by atoms with E-state index in [4.69, 9.17) is 9.57 Å². The van der Waals surface area contributed by atoms with Crippen LogP contribution < -0.4 is 16.0 Å². The number of anilines is 1. The molecule has 270 valence electrons. The number of nitrogens with zero attached hydrogens (tertiary/aromatic N) is 5. The van der Waals surface area contributed by atoms with Gasteiger partial charge in [-0.1, -0.05) is 83.8 Å². The van der Waals surface area contributed by atoms with Crippen molar-refractivity contribution < 1.29 is 28.8 Å². The Hall–Kier alpha value is -5.60. The summed E-state index contributed by atoms with van der Waals surface area (Å²) in [5.41, 5.74) is 3.37. The van der Waals surface area contributed by atoms with Gasteiger partial charge in [-0.25, -0.2) is 4.79 Å². The van der Waals surface area contributed by atoms with Gasteiger partial charge in [0, 0.05) is 23.5 Å². The maximum absolute atomic E-state index is 14.4. The van der Waals surface area contributed by atoms with Gasteiger partial charge in [0.2, 0.25) is 11.8 Å². The van der Waals surface area contributed by atoms with Gasteiger partial charge in [-0.2, -0.15) is 5.21 Å². The minimum absolute atomic E-state index is 0.0119. The molecular formula is C37H41N9O6. The van der Waals surface area contributed by atoms with Gasteiger partial charge in [0.05, 0.1) is 6.54 Å². The monoisotopic (exact) mass is 707 g/mol. The molecule has 5 aliphatic rings. The van der Waals surface area contributed by atoms with Crippen LogP contribution in [0.15, 0.2) is 65.8 Å². The number of allylic oxidation sites excluding steroid dienone is 1. The zero-order chi connectivity index (χ0) is 35.7. The number of carbonyl (C=O) groups is 4. The first-order valence-corrected chi connectivity index (χ1v) is 18.1. The molecule has 3 aliphatic carbocycles. The molecule has 1 saturated heterocycles. The van der Waals surface area contributed by atoms with E-state index in [-0.39, 0.29) is 30.9 Å². The third-order valence-electron chi connectivity index (χ3n) is 10.8. The molecule has 3 heterocycles. The van der Waals surface area contributed by atoms with Gasteiger partial charge >= 0.3 is 6.09 Å². The molecule has 3 aromatic rings. The van der Waals surface area contributed by atoms with E-state index < -0.39 is 47.5 Å². The highest BCUT2D eigenvalue weighted by molar-refractivity contribution is 6.24. The van der Waals surface area contributed by atoms with E-state index >= 15 is 0 Å². The number of fused-ring (bicyclic) bond motifs is 5.